The van der Waals surface area contributed by atoms with Crippen molar-refractivity contribution in [2.24, 2.45) is 5.73 Å². The molecule has 1 aromatic heterocycles. The second kappa shape index (κ2) is 4.82. The van der Waals surface area contributed by atoms with Crippen LogP contribution in [-0.4, -0.2) is 4.98 Å². The number of aryl methyl sites for hydroxylation is 1. The van der Waals surface area contributed by atoms with Gasteiger partial charge in [-0.05, 0) is 24.6 Å². The zero-order valence-electron chi connectivity index (χ0n) is 8.83. The van der Waals surface area contributed by atoms with Gasteiger partial charge in [-0.15, -0.1) is 11.3 Å². The van der Waals surface area contributed by atoms with Gasteiger partial charge in [0, 0.05) is 28.3 Å². The van der Waals surface area contributed by atoms with Crippen molar-refractivity contribution in [1.82, 2.24) is 4.98 Å². The first-order valence-electron chi connectivity index (χ1n) is 4.87. The molecule has 1 aromatic carbocycles. The summed E-state index contributed by atoms with van der Waals surface area (Å²) in [6.07, 6.45) is 1.78. The predicted octanol–water partition coefficient (Wildman–Crippen LogP) is 3.31. The van der Waals surface area contributed by atoms with E-state index in [1.165, 1.54) is 0 Å². The highest BCUT2D eigenvalue weighted by atomic mass is 35.5. The number of thiazole rings is 1. The Morgan fingerprint density at radius 1 is 1.50 bits per heavy atom. The Bertz CT molecular complexity index is 496. The molecule has 0 saturated heterocycles. The molecule has 3 nitrogen and oxygen atoms in total. The molecular weight excluding hydrogens is 242 g/mol. The van der Waals surface area contributed by atoms with Crippen molar-refractivity contribution in [3.05, 3.63) is 39.9 Å². The van der Waals surface area contributed by atoms with E-state index in [1.807, 2.05) is 25.1 Å². The molecule has 0 atom stereocenters. The van der Waals surface area contributed by atoms with Crippen molar-refractivity contribution in [2.45, 2.75) is 13.5 Å². The minimum absolute atomic E-state index is 0.522. The summed E-state index contributed by atoms with van der Waals surface area (Å²) in [4.78, 5) is 5.29. The van der Waals surface area contributed by atoms with Crippen molar-refractivity contribution >= 4 is 33.8 Å². The molecular formula is C11H12ClN3S. The molecule has 16 heavy (non-hydrogen) atoms. The van der Waals surface area contributed by atoms with E-state index in [0.29, 0.717) is 11.6 Å². The summed E-state index contributed by atoms with van der Waals surface area (Å²) in [6, 6.07) is 5.73. The Hall–Kier alpha value is -1.10. The maximum absolute atomic E-state index is 5.94. The van der Waals surface area contributed by atoms with Crippen LogP contribution in [0.3, 0.4) is 0 Å². The maximum Gasteiger partial charge on any atom is 0.187 e. The van der Waals surface area contributed by atoms with Gasteiger partial charge in [-0.2, -0.15) is 0 Å². The predicted molar refractivity (Wildman–Crippen MR) is 69.5 cm³/mol. The number of aromatic nitrogens is 1. The lowest BCUT2D eigenvalue weighted by atomic mass is 10.2. The van der Waals surface area contributed by atoms with Crippen LogP contribution < -0.4 is 11.1 Å². The molecule has 2 rings (SSSR count). The molecule has 0 aliphatic heterocycles. The van der Waals surface area contributed by atoms with Crippen LogP contribution in [0.2, 0.25) is 5.02 Å². The van der Waals surface area contributed by atoms with E-state index in [9.17, 15) is 0 Å². The van der Waals surface area contributed by atoms with E-state index in [4.69, 9.17) is 17.3 Å². The summed E-state index contributed by atoms with van der Waals surface area (Å²) >= 11 is 7.49. The van der Waals surface area contributed by atoms with E-state index < -0.39 is 0 Å². The van der Waals surface area contributed by atoms with Crippen LogP contribution in [0, 0.1) is 6.92 Å². The highest BCUT2D eigenvalue weighted by Crippen LogP contribution is 2.26. The number of benzene rings is 1. The van der Waals surface area contributed by atoms with Gasteiger partial charge in [0.25, 0.3) is 0 Å². The second-order valence-corrected chi connectivity index (χ2v) is 4.97. The van der Waals surface area contributed by atoms with Gasteiger partial charge >= 0.3 is 0 Å². The molecule has 3 N–H and O–H groups in total. The highest BCUT2D eigenvalue weighted by Gasteiger charge is 2.03. The molecule has 1 heterocycles. The van der Waals surface area contributed by atoms with Crippen molar-refractivity contribution < 1.29 is 0 Å². The minimum Gasteiger partial charge on any atom is -0.331 e. The molecule has 0 radical (unpaired) electrons. The lowest BCUT2D eigenvalue weighted by Gasteiger charge is -2.06. The smallest absolute Gasteiger partial charge is 0.187 e. The number of rotatable bonds is 3. The van der Waals surface area contributed by atoms with Crippen molar-refractivity contribution in [2.75, 3.05) is 5.32 Å². The minimum atomic E-state index is 0.522. The van der Waals surface area contributed by atoms with Crippen LogP contribution in [0.25, 0.3) is 0 Å². The topological polar surface area (TPSA) is 50.9 Å². The molecule has 0 amide bonds. The zero-order valence-corrected chi connectivity index (χ0v) is 10.4. The summed E-state index contributed by atoms with van der Waals surface area (Å²) < 4.78 is 0. The van der Waals surface area contributed by atoms with E-state index in [0.717, 1.165) is 21.3 Å². The molecule has 0 fully saturated rings. The van der Waals surface area contributed by atoms with Gasteiger partial charge in [0.1, 0.15) is 0 Å². The largest absolute Gasteiger partial charge is 0.331 e. The lowest BCUT2D eigenvalue weighted by Crippen LogP contribution is -1.92. The van der Waals surface area contributed by atoms with Crippen LogP contribution in [0.5, 0.6) is 0 Å². The Labute approximate surface area is 103 Å². The molecule has 5 heteroatoms. The van der Waals surface area contributed by atoms with Crippen molar-refractivity contribution in [3.8, 4) is 0 Å². The van der Waals surface area contributed by atoms with Crippen molar-refractivity contribution in [1.29, 1.82) is 0 Å². The first-order valence-corrected chi connectivity index (χ1v) is 6.06. The van der Waals surface area contributed by atoms with E-state index in [-0.39, 0.29) is 0 Å². The maximum atomic E-state index is 5.94. The number of nitrogens with two attached hydrogens (primary N) is 1. The second-order valence-electron chi connectivity index (χ2n) is 3.42. The normalized spacial score (nSPS) is 10.4. The Morgan fingerprint density at radius 2 is 2.31 bits per heavy atom. The molecule has 0 aliphatic rings. The van der Waals surface area contributed by atoms with E-state index in [1.54, 1.807) is 17.5 Å². The first-order chi connectivity index (χ1) is 7.69. The fraction of sp³-hybridized carbons (Fsp3) is 0.182. The molecule has 0 unspecified atom stereocenters. The fourth-order valence-electron chi connectivity index (χ4n) is 1.30. The number of halogens is 1. The quantitative estimate of drug-likeness (QED) is 0.882. The number of anilines is 2. The Balaban J connectivity index is 2.22. The summed E-state index contributed by atoms with van der Waals surface area (Å²) in [5, 5.41) is 4.79. The van der Waals surface area contributed by atoms with Crippen LogP contribution >= 0.6 is 22.9 Å². The average Bonchev–Trinajstić information content (AvgIpc) is 2.71. The van der Waals surface area contributed by atoms with E-state index in [2.05, 4.69) is 10.3 Å². The molecule has 84 valence electrons. The Morgan fingerprint density at radius 3 is 3.00 bits per heavy atom. The van der Waals surface area contributed by atoms with Crippen LogP contribution in [0.15, 0.2) is 24.4 Å². The fourth-order valence-corrected chi connectivity index (χ4v) is 2.18. The number of hydrogen-bond acceptors (Lipinski definition) is 4. The summed E-state index contributed by atoms with van der Waals surface area (Å²) in [5.41, 5.74) is 7.64. The van der Waals surface area contributed by atoms with Crippen LogP contribution in [-0.2, 0) is 6.54 Å². The lowest BCUT2D eigenvalue weighted by molar-refractivity contribution is 1.10. The Kier molecular flexibility index (Phi) is 3.43. The average molecular weight is 254 g/mol. The summed E-state index contributed by atoms with van der Waals surface area (Å²) in [6.45, 7) is 2.55. The molecule has 0 saturated carbocycles. The third kappa shape index (κ3) is 2.52. The van der Waals surface area contributed by atoms with Gasteiger partial charge in [-0.1, -0.05) is 17.7 Å². The number of hydrogen-bond donors (Lipinski definition) is 2. The number of nitrogens with one attached hydrogen (secondary N) is 1. The first kappa shape index (κ1) is 11.4. The van der Waals surface area contributed by atoms with Gasteiger partial charge in [0.15, 0.2) is 5.13 Å². The zero-order chi connectivity index (χ0) is 11.5. The van der Waals surface area contributed by atoms with Gasteiger partial charge in [-0.3, -0.25) is 0 Å². The van der Waals surface area contributed by atoms with Crippen LogP contribution in [0.1, 0.15) is 10.4 Å². The standard InChI is InChI=1S/C11H12ClN3S/c1-7-2-3-8(12)4-10(7)15-11-14-6-9(5-13)16-11/h2-4,6H,5,13H2,1H3,(H,14,15). The third-order valence-electron chi connectivity index (χ3n) is 2.20. The van der Waals surface area contributed by atoms with Crippen molar-refractivity contribution in [3.63, 3.8) is 0 Å². The molecule has 0 aliphatic carbocycles. The summed E-state index contributed by atoms with van der Waals surface area (Å²) in [7, 11) is 0. The van der Waals surface area contributed by atoms with Gasteiger partial charge in [-0.25, -0.2) is 4.98 Å². The van der Waals surface area contributed by atoms with Crippen LogP contribution in [0.4, 0.5) is 10.8 Å². The van der Waals surface area contributed by atoms with E-state index >= 15 is 0 Å². The van der Waals surface area contributed by atoms with Gasteiger partial charge in [0.2, 0.25) is 0 Å². The van der Waals surface area contributed by atoms with Gasteiger partial charge in [0.05, 0.1) is 0 Å². The number of nitrogens with zero attached hydrogens (tertiary/aromatic N) is 1. The van der Waals surface area contributed by atoms with Gasteiger partial charge < -0.3 is 11.1 Å². The monoisotopic (exact) mass is 253 g/mol. The highest BCUT2D eigenvalue weighted by molar-refractivity contribution is 7.15. The molecule has 0 spiro atoms. The molecule has 2 aromatic rings. The summed E-state index contributed by atoms with van der Waals surface area (Å²) in [5.74, 6) is 0. The molecule has 0 bridgehead atoms. The SMILES string of the molecule is Cc1ccc(Cl)cc1Nc1ncc(CN)s1. The third-order valence-corrected chi connectivity index (χ3v) is 3.37.